The van der Waals surface area contributed by atoms with E-state index in [0.29, 0.717) is 23.9 Å². The summed E-state index contributed by atoms with van der Waals surface area (Å²) in [6.45, 7) is -0.200. The molecule has 1 aliphatic rings. The Balaban J connectivity index is 1.82. The Labute approximate surface area is 138 Å². The van der Waals surface area contributed by atoms with Crippen LogP contribution in [-0.2, 0) is 20.9 Å². The summed E-state index contributed by atoms with van der Waals surface area (Å²) in [6, 6.07) is 6.90. The van der Waals surface area contributed by atoms with Crippen molar-refractivity contribution in [3.05, 3.63) is 34.8 Å². The lowest BCUT2D eigenvalue weighted by Gasteiger charge is -2.35. The van der Waals surface area contributed by atoms with Crippen molar-refractivity contribution in [3.8, 4) is 0 Å². The zero-order chi connectivity index (χ0) is 17.2. The van der Waals surface area contributed by atoms with E-state index in [-0.39, 0.29) is 6.54 Å². The summed E-state index contributed by atoms with van der Waals surface area (Å²) in [6.07, 6.45) is 3.83. The highest BCUT2D eigenvalue weighted by atomic mass is 16.5. The molecule has 0 atom stereocenters. The molecule has 2 aromatic rings. The third kappa shape index (κ3) is 2.93. The molecule has 24 heavy (non-hydrogen) atoms. The lowest BCUT2D eigenvalue weighted by atomic mass is 9.81. The van der Waals surface area contributed by atoms with Gasteiger partial charge in [0.15, 0.2) is 5.58 Å². The van der Waals surface area contributed by atoms with Crippen molar-refractivity contribution in [2.24, 2.45) is 0 Å². The summed E-state index contributed by atoms with van der Waals surface area (Å²) >= 11 is 0. The van der Waals surface area contributed by atoms with Gasteiger partial charge in [0, 0.05) is 0 Å². The predicted octanol–water partition coefficient (Wildman–Crippen LogP) is 1.59. The van der Waals surface area contributed by atoms with Gasteiger partial charge in [-0.3, -0.25) is 9.36 Å². The summed E-state index contributed by atoms with van der Waals surface area (Å²) < 4.78 is 11.3. The number of para-hydroxylation sites is 2. The molecular formula is C17H20N2O5. The number of benzene rings is 1. The SMILES string of the molecule is COC(=O)C1(NC(=O)Cn2c(=O)oc3ccccc32)CCCCC1. The molecule has 1 aliphatic carbocycles. The summed E-state index contributed by atoms with van der Waals surface area (Å²) in [4.78, 5) is 36.6. The van der Waals surface area contributed by atoms with Gasteiger partial charge in [0.25, 0.3) is 0 Å². The van der Waals surface area contributed by atoms with Crippen LogP contribution in [0, 0.1) is 0 Å². The Morgan fingerprint density at radius 2 is 1.96 bits per heavy atom. The molecule has 1 saturated carbocycles. The summed E-state index contributed by atoms with van der Waals surface area (Å²) in [5.74, 6) is -1.43. The first kappa shape index (κ1) is 16.3. The lowest BCUT2D eigenvalue weighted by molar-refractivity contribution is -0.152. The van der Waals surface area contributed by atoms with Crippen molar-refractivity contribution in [2.75, 3.05) is 7.11 Å². The van der Waals surface area contributed by atoms with Crippen molar-refractivity contribution < 1.29 is 18.7 Å². The third-order valence-electron chi connectivity index (χ3n) is 4.54. The van der Waals surface area contributed by atoms with Gasteiger partial charge in [-0.15, -0.1) is 0 Å². The quantitative estimate of drug-likeness (QED) is 0.859. The molecule has 0 radical (unpaired) electrons. The Kier molecular flexibility index (Phi) is 4.42. The smallest absolute Gasteiger partial charge is 0.420 e. The molecule has 1 fully saturated rings. The maximum atomic E-state index is 12.5. The van der Waals surface area contributed by atoms with Gasteiger partial charge in [-0.1, -0.05) is 31.4 Å². The Morgan fingerprint density at radius 1 is 1.25 bits per heavy atom. The van der Waals surface area contributed by atoms with Crippen LogP contribution in [0.3, 0.4) is 0 Å². The highest BCUT2D eigenvalue weighted by molar-refractivity contribution is 5.88. The number of ether oxygens (including phenoxy) is 1. The molecule has 0 saturated heterocycles. The van der Waals surface area contributed by atoms with E-state index in [1.54, 1.807) is 24.3 Å². The van der Waals surface area contributed by atoms with Crippen LogP contribution in [0.15, 0.2) is 33.5 Å². The second-order valence-electron chi connectivity index (χ2n) is 6.10. The lowest BCUT2D eigenvalue weighted by Crippen LogP contribution is -2.57. The van der Waals surface area contributed by atoms with Gasteiger partial charge in [-0.05, 0) is 25.0 Å². The van der Waals surface area contributed by atoms with E-state index < -0.39 is 23.2 Å². The molecule has 0 spiro atoms. The minimum absolute atomic E-state index is 0.200. The van der Waals surface area contributed by atoms with Gasteiger partial charge < -0.3 is 14.5 Å². The van der Waals surface area contributed by atoms with Crippen LogP contribution < -0.4 is 11.1 Å². The normalized spacial score (nSPS) is 16.7. The number of carbonyl (C=O) groups is 2. The molecule has 1 N–H and O–H groups in total. The zero-order valence-electron chi connectivity index (χ0n) is 13.5. The number of oxazole rings is 1. The molecule has 0 bridgehead atoms. The zero-order valence-corrected chi connectivity index (χ0v) is 13.5. The number of nitrogens with zero attached hydrogens (tertiary/aromatic N) is 1. The number of fused-ring (bicyclic) bond motifs is 1. The number of aromatic nitrogens is 1. The van der Waals surface area contributed by atoms with Crippen molar-refractivity contribution in [2.45, 2.75) is 44.2 Å². The number of carbonyl (C=O) groups excluding carboxylic acids is 2. The second kappa shape index (κ2) is 6.51. The standard InChI is InChI=1S/C17H20N2O5/c1-23-15(21)17(9-5-2-6-10-17)18-14(20)11-19-12-7-3-4-8-13(12)24-16(19)22/h3-4,7-8H,2,5-6,9-11H2,1H3,(H,18,20). The molecule has 7 heteroatoms. The molecule has 1 heterocycles. The number of hydrogen-bond acceptors (Lipinski definition) is 5. The van der Waals surface area contributed by atoms with Gasteiger partial charge in [0.05, 0.1) is 12.6 Å². The molecular weight excluding hydrogens is 312 g/mol. The Bertz CT molecular complexity index is 814. The highest BCUT2D eigenvalue weighted by Crippen LogP contribution is 2.29. The maximum absolute atomic E-state index is 12.5. The fraction of sp³-hybridized carbons (Fsp3) is 0.471. The van der Waals surface area contributed by atoms with Crippen LogP contribution in [-0.4, -0.2) is 29.1 Å². The second-order valence-corrected chi connectivity index (χ2v) is 6.10. The fourth-order valence-electron chi connectivity index (χ4n) is 3.34. The van der Waals surface area contributed by atoms with E-state index in [2.05, 4.69) is 5.32 Å². The van der Waals surface area contributed by atoms with Gasteiger partial charge >= 0.3 is 11.7 Å². The van der Waals surface area contributed by atoms with Crippen LogP contribution in [0.2, 0.25) is 0 Å². The number of rotatable bonds is 4. The third-order valence-corrected chi connectivity index (χ3v) is 4.54. The molecule has 0 aliphatic heterocycles. The molecule has 0 unspecified atom stereocenters. The number of hydrogen-bond donors (Lipinski definition) is 1. The van der Waals surface area contributed by atoms with E-state index in [1.165, 1.54) is 11.7 Å². The van der Waals surface area contributed by atoms with E-state index in [1.807, 2.05) is 0 Å². The first-order valence-corrected chi connectivity index (χ1v) is 8.03. The van der Waals surface area contributed by atoms with Crippen molar-refractivity contribution in [3.63, 3.8) is 0 Å². The molecule has 7 nitrogen and oxygen atoms in total. The highest BCUT2D eigenvalue weighted by Gasteiger charge is 2.42. The summed E-state index contributed by atoms with van der Waals surface area (Å²) in [5, 5.41) is 2.80. The van der Waals surface area contributed by atoms with E-state index >= 15 is 0 Å². The summed E-state index contributed by atoms with van der Waals surface area (Å²) in [5.41, 5.74) is -0.0168. The van der Waals surface area contributed by atoms with Crippen LogP contribution in [0.25, 0.3) is 11.1 Å². The van der Waals surface area contributed by atoms with Crippen LogP contribution in [0.4, 0.5) is 0 Å². The molecule has 128 valence electrons. The van der Waals surface area contributed by atoms with Gasteiger partial charge in [-0.2, -0.15) is 0 Å². The molecule has 1 aromatic heterocycles. The van der Waals surface area contributed by atoms with Gasteiger partial charge in [0.2, 0.25) is 5.91 Å². The Hall–Kier alpha value is -2.57. The number of amides is 1. The van der Waals surface area contributed by atoms with E-state index in [9.17, 15) is 14.4 Å². The van der Waals surface area contributed by atoms with Crippen LogP contribution in [0.1, 0.15) is 32.1 Å². The fourth-order valence-corrected chi connectivity index (χ4v) is 3.34. The summed E-state index contributed by atoms with van der Waals surface area (Å²) in [7, 11) is 1.32. The number of nitrogens with one attached hydrogen (secondary N) is 1. The van der Waals surface area contributed by atoms with Crippen molar-refractivity contribution in [1.82, 2.24) is 9.88 Å². The van der Waals surface area contributed by atoms with E-state index in [4.69, 9.17) is 9.15 Å². The van der Waals surface area contributed by atoms with Gasteiger partial charge in [-0.25, -0.2) is 9.59 Å². The predicted molar refractivity (Wildman–Crippen MR) is 86.4 cm³/mol. The molecule has 3 rings (SSSR count). The molecule has 1 aromatic carbocycles. The first-order valence-electron chi connectivity index (χ1n) is 8.03. The van der Waals surface area contributed by atoms with Crippen LogP contribution >= 0.6 is 0 Å². The first-order chi connectivity index (χ1) is 11.6. The maximum Gasteiger partial charge on any atom is 0.420 e. The van der Waals surface area contributed by atoms with Gasteiger partial charge in [0.1, 0.15) is 12.1 Å². The average molecular weight is 332 g/mol. The topological polar surface area (TPSA) is 90.5 Å². The average Bonchev–Trinajstić information content (AvgIpc) is 2.90. The Morgan fingerprint density at radius 3 is 2.67 bits per heavy atom. The largest absolute Gasteiger partial charge is 0.467 e. The monoisotopic (exact) mass is 332 g/mol. The number of esters is 1. The minimum atomic E-state index is -0.993. The minimum Gasteiger partial charge on any atom is -0.467 e. The number of methoxy groups -OCH3 is 1. The van der Waals surface area contributed by atoms with Crippen LogP contribution in [0.5, 0.6) is 0 Å². The van der Waals surface area contributed by atoms with Crippen molar-refractivity contribution in [1.29, 1.82) is 0 Å². The molecule has 1 amide bonds. The van der Waals surface area contributed by atoms with E-state index in [0.717, 1.165) is 19.3 Å². The van der Waals surface area contributed by atoms with Crippen molar-refractivity contribution >= 4 is 23.0 Å².